The number of benzene rings is 1. The second-order valence-electron chi connectivity index (χ2n) is 4.29. The summed E-state index contributed by atoms with van der Waals surface area (Å²) in [4.78, 5) is 0. The molecule has 0 radical (unpaired) electrons. The average Bonchev–Trinajstić information content (AvgIpc) is 3.06. The van der Waals surface area contributed by atoms with Crippen molar-refractivity contribution in [1.82, 2.24) is 14.9 Å². The molecule has 1 N–H and O–H groups in total. The van der Waals surface area contributed by atoms with Gasteiger partial charge in [-0.05, 0) is 37.3 Å². The highest BCUT2D eigenvalue weighted by Crippen LogP contribution is 2.18. The summed E-state index contributed by atoms with van der Waals surface area (Å²) in [5, 5.41) is 11.3. The van der Waals surface area contributed by atoms with Crippen LogP contribution in [-0.2, 0) is 0 Å². The number of furan rings is 1. The Kier molecular flexibility index (Phi) is 3.30. The summed E-state index contributed by atoms with van der Waals surface area (Å²) >= 11 is 5.20. The third-order valence-electron chi connectivity index (χ3n) is 2.77. The predicted molar refractivity (Wildman–Crippen MR) is 79.3 cm³/mol. The Hall–Kier alpha value is -2.47. The number of hydrogen-bond donors (Lipinski definition) is 1. The monoisotopic (exact) mass is 284 g/mol. The van der Waals surface area contributed by atoms with Gasteiger partial charge in [0.05, 0.1) is 12.5 Å². The van der Waals surface area contributed by atoms with E-state index in [0.29, 0.717) is 16.4 Å². The van der Waals surface area contributed by atoms with Crippen LogP contribution in [0.5, 0.6) is 0 Å². The van der Waals surface area contributed by atoms with Gasteiger partial charge in [-0.25, -0.2) is 5.10 Å². The molecule has 1 aromatic carbocycles. The minimum atomic E-state index is 0.435. The first kappa shape index (κ1) is 12.6. The third-order valence-corrected chi connectivity index (χ3v) is 3.03. The Morgan fingerprint density at radius 2 is 2.25 bits per heavy atom. The SMILES string of the molecule is Cc1cccc(-c2n[nH]c(=S)n2N=Cc2ccco2)c1. The van der Waals surface area contributed by atoms with Gasteiger partial charge >= 0.3 is 0 Å². The van der Waals surface area contributed by atoms with Gasteiger partial charge in [-0.1, -0.05) is 23.8 Å². The van der Waals surface area contributed by atoms with E-state index in [1.807, 2.05) is 37.3 Å². The van der Waals surface area contributed by atoms with Crippen molar-refractivity contribution in [3.8, 4) is 11.4 Å². The molecule has 100 valence electrons. The molecule has 0 atom stereocenters. The van der Waals surface area contributed by atoms with Gasteiger partial charge in [-0.3, -0.25) is 0 Å². The number of hydrogen-bond acceptors (Lipinski definition) is 4. The molecular formula is C14H12N4OS. The van der Waals surface area contributed by atoms with E-state index in [0.717, 1.165) is 11.1 Å². The molecule has 0 aliphatic rings. The standard InChI is InChI=1S/C14H12N4OS/c1-10-4-2-5-11(8-10)13-16-17-14(20)18(13)15-9-12-6-3-7-19-12/h2-9H,1H3,(H,17,20). The topological polar surface area (TPSA) is 59.1 Å². The number of rotatable bonds is 3. The molecule has 0 fully saturated rings. The van der Waals surface area contributed by atoms with Crippen LogP contribution in [0.15, 0.2) is 52.2 Å². The summed E-state index contributed by atoms with van der Waals surface area (Å²) in [6, 6.07) is 11.6. The van der Waals surface area contributed by atoms with Gasteiger partial charge < -0.3 is 4.42 Å². The number of aromatic nitrogens is 3. The summed E-state index contributed by atoms with van der Waals surface area (Å²) < 4.78 is 7.22. The first-order valence-electron chi connectivity index (χ1n) is 6.06. The summed E-state index contributed by atoms with van der Waals surface area (Å²) in [6.45, 7) is 2.03. The summed E-state index contributed by atoms with van der Waals surface area (Å²) in [6.07, 6.45) is 3.20. The van der Waals surface area contributed by atoms with Crippen molar-refractivity contribution in [2.75, 3.05) is 0 Å². The molecule has 0 amide bonds. The van der Waals surface area contributed by atoms with Crippen molar-refractivity contribution < 1.29 is 4.42 Å². The van der Waals surface area contributed by atoms with Crippen LogP contribution in [0.4, 0.5) is 0 Å². The van der Waals surface area contributed by atoms with Crippen LogP contribution in [0.2, 0.25) is 0 Å². The smallest absolute Gasteiger partial charge is 0.216 e. The van der Waals surface area contributed by atoms with Crippen LogP contribution in [0.3, 0.4) is 0 Å². The van der Waals surface area contributed by atoms with Crippen molar-refractivity contribution in [2.45, 2.75) is 6.92 Å². The Bertz CT molecular complexity index is 799. The summed E-state index contributed by atoms with van der Waals surface area (Å²) in [5.41, 5.74) is 2.10. The van der Waals surface area contributed by atoms with Gasteiger partial charge in [0.2, 0.25) is 4.77 Å². The maximum atomic E-state index is 5.21. The van der Waals surface area contributed by atoms with Gasteiger partial charge in [0, 0.05) is 5.56 Å². The molecule has 5 nitrogen and oxygen atoms in total. The van der Waals surface area contributed by atoms with Gasteiger partial charge in [-0.2, -0.15) is 14.9 Å². The second kappa shape index (κ2) is 5.26. The quantitative estimate of drug-likeness (QED) is 0.592. The highest BCUT2D eigenvalue weighted by atomic mass is 32.1. The Morgan fingerprint density at radius 1 is 1.35 bits per heavy atom. The van der Waals surface area contributed by atoms with Crippen molar-refractivity contribution in [2.24, 2.45) is 5.10 Å². The van der Waals surface area contributed by atoms with Crippen molar-refractivity contribution in [3.05, 3.63) is 58.8 Å². The van der Waals surface area contributed by atoms with Crippen LogP contribution >= 0.6 is 12.2 Å². The lowest BCUT2D eigenvalue weighted by molar-refractivity contribution is 0.559. The Balaban J connectivity index is 2.04. The Morgan fingerprint density at radius 3 is 3.00 bits per heavy atom. The van der Waals surface area contributed by atoms with E-state index >= 15 is 0 Å². The maximum Gasteiger partial charge on any atom is 0.216 e. The predicted octanol–water partition coefficient (Wildman–Crippen LogP) is 3.39. The van der Waals surface area contributed by atoms with Crippen molar-refractivity contribution in [1.29, 1.82) is 0 Å². The molecule has 2 heterocycles. The highest BCUT2D eigenvalue weighted by Gasteiger charge is 2.08. The highest BCUT2D eigenvalue weighted by molar-refractivity contribution is 7.71. The molecule has 20 heavy (non-hydrogen) atoms. The Labute approximate surface area is 120 Å². The van der Waals surface area contributed by atoms with E-state index in [1.54, 1.807) is 23.2 Å². The number of aromatic amines is 1. The van der Waals surface area contributed by atoms with Crippen LogP contribution in [0, 0.1) is 11.7 Å². The largest absolute Gasteiger partial charge is 0.463 e. The van der Waals surface area contributed by atoms with Crippen LogP contribution < -0.4 is 0 Å². The first-order chi connectivity index (χ1) is 9.74. The normalized spacial score (nSPS) is 11.2. The van der Waals surface area contributed by atoms with Crippen LogP contribution in [-0.4, -0.2) is 21.1 Å². The van der Waals surface area contributed by atoms with Crippen molar-refractivity contribution in [3.63, 3.8) is 0 Å². The lowest BCUT2D eigenvalue weighted by Crippen LogP contribution is -1.94. The van der Waals surface area contributed by atoms with Gasteiger partial charge in [0.15, 0.2) is 5.82 Å². The number of aryl methyl sites for hydroxylation is 1. The molecule has 0 saturated heterocycles. The molecule has 3 aromatic rings. The molecule has 0 unspecified atom stereocenters. The zero-order valence-corrected chi connectivity index (χ0v) is 11.6. The van der Waals surface area contributed by atoms with Gasteiger partial charge in [-0.15, -0.1) is 0 Å². The minimum Gasteiger partial charge on any atom is -0.463 e. The number of H-pyrrole nitrogens is 1. The van der Waals surface area contributed by atoms with Crippen LogP contribution in [0.1, 0.15) is 11.3 Å². The molecule has 0 aliphatic heterocycles. The van der Waals surface area contributed by atoms with Gasteiger partial charge in [0.1, 0.15) is 5.76 Å². The summed E-state index contributed by atoms with van der Waals surface area (Å²) in [7, 11) is 0. The molecule has 0 aliphatic carbocycles. The fraction of sp³-hybridized carbons (Fsp3) is 0.0714. The van der Waals surface area contributed by atoms with Crippen LogP contribution in [0.25, 0.3) is 11.4 Å². The zero-order valence-electron chi connectivity index (χ0n) is 10.8. The molecule has 0 saturated carbocycles. The average molecular weight is 284 g/mol. The number of nitrogens with zero attached hydrogens (tertiary/aromatic N) is 3. The molecule has 0 bridgehead atoms. The van der Waals surface area contributed by atoms with E-state index in [-0.39, 0.29) is 0 Å². The molecule has 2 aromatic heterocycles. The third kappa shape index (κ3) is 2.46. The minimum absolute atomic E-state index is 0.435. The fourth-order valence-electron chi connectivity index (χ4n) is 1.85. The second-order valence-corrected chi connectivity index (χ2v) is 4.68. The molecule has 6 heteroatoms. The molecule has 3 rings (SSSR count). The van der Waals surface area contributed by atoms with Crippen molar-refractivity contribution >= 4 is 18.4 Å². The zero-order chi connectivity index (χ0) is 13.9. The fourth-order valence-corrected chi connectivity index (χ4v) is 2.03. The number of nitrogens with one attached hydrogen (secondary N) is 1. The van der Waals surface area contributed by atoms with E-state index < -0.39 is 0 Å². The first-order valence-corrected chi connectivity index (χ1v) is 6.47. The van der Waals surface area contributed by atoms with E-state index in [2.05, 4.69) is 15.3 Å². The van der Waals surface area contributed by atoms with E-state index in [9.17, 15) is 0 Å². The van der Waals surface area contributed by atoms with E-state index in [4.69, 9.17) is 16.6 Å². The maximum absolute atomic E-state index is 5.21. The lowest BCUT2D eigenvalue weighted by Gasteiger charge is -2.01. The lowest BCUT2D eigenvalue weighted by atomic mass is 10.1. The van der Waals surface area contributed by atoms with Gasteiger partial charge in [0.25, 0.3) is 0 Å². The van der Waals surface area contributed by atoms with E-state index in [1.165, 1.54) is 0 Å². The molecule has 0 spiro atoms. The molecular weight excluding hydrogens is 272 g/mol. The summed E-state index contributed by atoms with van der Waals surface area (Å²) in [5.74, 6) is 1.32.